The van der Waals surface area contributed by atoms with E-state index in [1.54, 1.807) is 11.3 Å². The number of aliphatic hydroxyl groups excluding tert-OH is 1. The monoisotopic (exact) mass is 882 g/mol. The Morgan fingerprint density at radius 3 is 2.16 bits per heavy atom. The molecule has 3 heterocycles. The molecule has 0 saturated heterocycles. The van der Waals surface area contributed by atoms with Crippen molar-refractivity contribution in [1.29, 1.82) is 0 Å². The van der Waals surface area contributed by atoms with E-state index in [1.807, 2.05) is 53.9 Å². The molecule has 51 heavy (non-hydrogen) atoms. The Kier molecular flexibility index (Phi) is 14.5. The molecule has 0 spiro atoms. The molecule has 275 valence electrons. The van der Waals surface area contributed by atoms with E-state index in [0.29, 0.717) is 5.92 Å². The third-order valence-corrected chi connectivity index (χ3v) is 11.6. The van der Waals surface area contributed by atoms with Gasteiger partial charge in [-0.3, -0.25) is 14.8 Å². The number of benzene rings is 2. The van der Waals surface area contributed by atoms with E-state index in [2.05, 4.69) is 94.6 Å². The number of thiophene rings is 1. The van der Waals surface area contributed by atoms with Crippen LogP contribution in [-0.2, 0) is 36.7 Å². The fourth-order valence-corrected chi connectivity index (χ4v) is 7.15. The van der Waals surface area contributed by atoms with Crippen molar-refractivity contribution in [2.75, 3.05) is 0 Å². The van der Waals surface area contributed by atoms with Gasteiger partial charge in [0.25, 0.3) is 0 Å². The SMILES string of the molecule is CC(C)Cc1cnc2c(-c3ccnc(-c4[c-]c5ccccc5c(C(C)(C)C)c4)c3)csc2c1.CCC(C)(CC)C(=O)/C=C(\O)C(C)(CC)CC.[Ir]. The number of pyridine rings is 2. The predicted molar refractivity (Wildman–Crippen MR) is 215 cm³/mol. The standard InChI is InChI=1S/C30H29N2S.C15H28O2.Ir/c1-19(2)12-20-13-28-29(32-17-20)25(18-33-28)22-10-11-31-27(16-22)23-14-21-8-6-7-9-24(21)26(15-23)30(3,4)5;1-7-14(5,8-2)12(16)11-13(17)15(6,9-3)10-4;/h6-11,13,15-19H,12H2,1-5H3;11,16H,7-10H2,1-6H3;/q-1;;/b;12-11-;. The average molecular weight is 882 g/mol. The summed E-state index contributed by atoms with van der Waals surface area (Å²) in [6.45, 7) is 23.4. The number of aromatic nitrogens is 2. The number of rotatable bonds is 11. The molecule has 0 fully saturated rings. The van der Waals surface area contributed by atoms with E-state index in [9.17, 15) is 9.90 Å². The first kappa shape index (κ1) is 42.2. The number of carbonyl (C=O) groups excluding carboxylic acids is 1. The molecule has 0 unspecified atom stereocenters. The number of hydrogen-bond acceptors (Lipinski definition) is 5. The van der Waals surface area contributed by atoms with Crippen molar-refractivity contribution in [3.63, 3.8) is 0 Å². The molecular weight excluding hydrogens is 825 g/mol. The maximum Gasteiger partial charge on any atom is 0.164 e. The second-order valence-corrected chi connectivity index (χ2v) is 16.6. The molecule has 0 aliphatic rings. The van der Waals surface area contributed by atoms with E-state index >= 15 is 0 Å². The van der Waals surface area contributed by atoms with Crippen molar-refractivity contribution < 1.29 is 30.0 Å². The third kappa shape index (κ3) is 9.83. The zero-order valence-electron chi connectivity index (χ0n) is 32.5. The van der Waals surface area contributed by atoms with E-state index in [-0.39, 0.29) is 47.9 Å². The summed E-state index contributed by atoms with van der Waals surface area (Å²) in [5.41, 5.74) is 7.42. The molecule has 3 aromatic heterocycles. The molecular formula is C45H57IrN2O2S-. The Morgan fingerprint density at radius 1 is 0.902 bits per heavy atom. The number of fused-ring (bicyclic) bond motifs is 2. The maximum atomic E-state index is 12.2. The number of aliphatic hydroxyl groups is 1. The van der Waals surface area contributed by atoms with Crippen LogP contribution in [0.3, 0.4) is 0 Å². The summed E-state index contributed by atoms with van der Waals surface area (Å²) in [6.07, 6.45) is 9.75. The Hall–Kier alpha value is -3.18. The largest absolute Gasteiger partial charge is 0.512 e. The van der Waals surface area contributed by atoms with Gasteiger partial charge in [0, 0.05) is 66.0 Å². The quantitative estimate of drug-likeness (QED) is 0.0815. The van der Waals surface area contributed by atoms with Crippen molar-refractivity contribution >= 4 is 38.1 Å². The Morgan fingerprint density at radius 2 is 1.55 bits per heavy atom. The van der Waals surface area contributed by atoms with Crippen molar-refractivity contribution in [2.45, 2.75) is 114 Å². The van der Waals surface area contributed by atoms with Gasteiger partial charge in [-0.25, -0.2) is 0 Å². The maximum absolute atomic E-state index is 12.2. The summed E-state index contributed by atoms with van der Waals surface area (Å²) in [6, 6.07) is 20.9. The molecule has 5 rings (SSSR count). The van der Waals surface area contributed by atoms with E-state index in [1.165, 1.54) is 32.9 Å². The van der Waals surface area contributed by atoms with Crippen LogP contribution in [-0.4, -0.2) is 20.9 Å². The molecule has 0 atom stereocenters. The zero-order chi connectivity index (χ0) is 36.9. The first-order valence-corrected chi connectivity index (χ1v) is 19.2. The van der Waals surface area contributed by atoms with Gasteiger partial charge in [-0.1, -0.05) is 111 Å². The molecule has 0 aliphatic carbocycles. The van der Waals surface area contributed by atoms with Crippen LogP contribution in [0.2, 0.25) is 0 Å². The van der Waals surface area contributed by atoms with Gasteiger partial charge in [0.05, 0.1) is 10.2 Å². The average Bonchev–Trinajstić information content (AvgIpc) is 3.53. The summed E-state index contributed by atoms with van der Waals surface area (Å²) in [5, 5.41) is 14.7. The van der Waals surface area contributed by atoms with Crippen LogP contribution in [0.1, 0.15) is 113 Å². The van der Waals surface area contributed by atoms with Gasteiger partial charge in [0.15, 0.2) is 5.78 Å². The number of nitrogens with zero attached hydrogens (tertiary/aromatic N) is 2. The van der Waals surface area contributed by atoms with Crippen LogP contribution in [0.4, 0.5) is 0 Å². The van der Waals surface area contributed by atoms with Crippen LogP contribution in [0, 0.1) is 22.8 Å². The molecule has 0 bridgehead atoms. The fourth-order valence-electron chi connectivity index (χ4n) is 6.16. The van der Waals surface area contributed by atoms with Crippen LogP contribution in [0.25, 0.3) is 43.4 Å². The minimum Gasteiger partial charge on any atom is -0.512 e. The number of carbonyl (C=O) groups is 1. The number of allylic oxidation sites excluding steroid dienone is 2. The van der Waals surface area contributed by atoms with Crippen molar-refractivity contribution in [1.82, 2.24) is 9.97 Å². The molecule has 5 aromatic rings. The van der Waals surface area contributed by atoms with Crippen molar-refractivity contribution in [3.05, 3.63) is 95.3 Å². The van der Waals surface area contributed by atoms with Gasteiger partial charge >= 0.3 is 0 Å². The zero-order valence-corrected chi connectivity index (χ0v) is 35.7. The molecule has 0 amide bonds. The predicted octanol–water partition coefficient (Wildman–Crippen LogP) is 13.1. The van der Waals surface area contributed by atoms with Crippen LogP contribution in [0.5, 0.6) is 0 Å². The van der Waals surface area contributed by atoms with Gasteiger partial charge in [-0.05, 0) is 66.7 Å². The van der Waals surface area contributed by atoms with Crippen molar-refractivity contribution in [2.24, 2.45) is 16.7 Å². The molecule has 1 N–H and O–H groups in total. The minimum atomic E-state index is -0.337. The van der Waals surface area contributed by atoms with Gasteiger partial charge in [0.2, 0.25) is 0 Å². The van der Waals surface area contributed by atoms with Gasteiger partial charge in [-0.15, -0.1) is 40.5 Å². The Bertz CT molecular complexity index is 1960. The summed E-state index contributed by atoms with van der Waals surface area (Å²) < 4.78 is 1.24. The number of hydrogen-bond donors (Lipinski definition) is 1. The van der Waals surface area contributed by atoms with E-state index in [4.69, 9.17) is 9.97 Å². The molecule has 1 radical (unpaired) electrons. The van der Waals surface area contributed by atoms with Gasteiger partial charge in [-0.2, -0.15) is 0 Å². The summed E-state index contributed by atoms with van der Waals surface area (Å²) in [5.74, 6) is 0.913. The van der Waals surface area contributed by atoms with E-state index < -0.39 is 0 Å². The third-order valence-electron chi connectivity index (χ3n) is 10.6. The topological polar surface area (TPSA) is 63.1 Å². The molecule has 0 aliphatic heterocycles. The summed E-state index contributed by atoms with van der Waals surface area (Å²) >= 11 is 1.77. The van der Waals surface area contributed by atoms with Gasteiger partial charge in [0.1, 0.15) is 5.76 Å². The summed E-state index contributed by atoms with van der Waals surface area (Å²) in [4.78, 5) is 21.8. The minimum absolute atomic E-state index is 0. The number of ketones is 1. The first-order valence-electron chi connectivity index (χ1n) is 18.3. The second-order valence-electron chi connectivity index (χ2n) is 15.7. The second kappa shape index (κ2) is 17.6. The normalized spacial score (nSPS) is 12.5. The van der Waals surface area contributed by atoms with Crippen LogP contribution < -0.4 is 0 Å². The van der Waals surface area contributed by atoms with Crippen molar-refractivity contribution in [3.8, 4) is 22.4 Å². The summed E-state index contributed by atoms with van der Waals surface area (Å²) in [7, 11) is 0. The van der Waals surface area contributed by atoms with Crippen LogP contribution >= 0.6 is 11.3 Å². The van der Waals surface area contributed by atoms with Gasteiger partial charge < -0.3 is 5.11 Å². The Labute approximate surface area is 324 Å². The van der Waals surface area contributed by atoms with Crippen LogP contribution in [0.15, 0.2) is 78.1 Å². The molecule has 0 saturated carbocycles. The first-order chi connectivity index (χ1) is 23.6. The molecule has 4 nitrogen and oxygen atoms in total. The van der Waals surface area contributed by atoms with E-state index in [0.717, 1.165) is 59.8 Å². The molecule has 2 aromatic carbocycles. The fraction of sp³-hybridized carbons (Fsp3) is 0.444. The smallest absolute Gasteiger partial charge is 0.164 e. The molecule has 6 heteroatoms. The Balaban J connectivity index is 0.000000335.